The lowest BCUT2D eigenvalue weighted by Crippen LogP contribution is -2.05. The van der Waals surface area contributed by atoms with E-state index in [0.717, 1.165) is 25.2 Å². The molecule has 0 amide bonds. The largest absolute Gasteiger partial charge is 0.466 e. The minimum atomic E-state index is 0.0139. The van der Waals surface area contributed by atoms with Gasteiger partial charge in [-0.05, 0) is 38.0 Å². The molecule has 0 radical (unpaired) electrons. The maximum absolute atomic E-state index is 11.9. The summed E-state index contributed by atoms with van der Waals surface area (Å²) < 4.78 is 5.41. The number of carbonyl (C=O) groups excluding carboxylic acids is 1. The van der Waals surface area contributed by atoms with E-state index in [1.54, 1.807) is 0 Å². The molecule has 0 aromatic heterocycles. The fourth-order valence-electron chi connectivity index (χ4n) is 4.83. The van der Waals surface area contributed by atoms with Crippen LogP contribution in [0.3, 0.4) is 0 Å². The summed E-state index contributed by atoms with van der Waals surface area (Å²) in [6.07, 6.45) is 38.3. The van der Waals surface area contributed by atoms with Crippen molar-refractivity contribution in [3.63, 3.8) is 0 Å². The van der Waals surface area contributed by atoms with Crippen molar-refractivity contribution < 1.29 is 9.53 Å². The first kappa shape index (κ1) is 35.2. The van der Waals surface area contributed by atoms with Gasteiger partial charge in [-0.1, -0.05) is 161 Å². The summed E-state index contributed by atoms with van der Waals surface area (Å²) in [5, 5.41) is 0. The first-order chi connectivity index (χ1) is 17.7. The SMILES string of the molecule is CCCCC=CCCCCCCCC(=O)OCCCCCCCCCCCCCCCCCC(C)C. The van der Waals surface area contributed by atoms with Gasteiger partial charge in [0.15, 0.2) is 0 Å². The molecule has 0 rings (SSSR count). The lowest BCUT2D eigenvalue weighted by molar-refractivity contribution is -0.143. The van der Waals surface area contributed by atoms with Crippen LogP contribution in [0.1, 0.15) is 188 Å². The third kappa shape index (κ3) is 31.2. The molecule has 36 heavy (non-hydrogen) atoms. The molecule has 0 aliphatic rings. The van der Waals surface area contributed by atoms with Crippen molar-refractivity contribution in [3.8, 4) is 0 Å². The topological polar surface area (TPSA) is 26.3 Å². The Kier molecular flexibility index (Phi) is 29.8. The molecule has 0 aliphatic carbocycles. The normalized spacial score (nSPS) is 11.7. The van der Waals surface area contributed by atoms with Gasteiger partial charge in [0.05, 0.1) is 6.61 Å². The van der Waals surface area contributed by atoms with Crippen molar-refractivity contribution in [2.24, 2.45) is 5.92 Å². The van der Waals surface area contributed by atoms with Crippen LogP contribution in [-0.4, -0.2) is 12.6 Å². The van der Waals surface area contributed by atoms with Crippen LogP contribution in [0, 0.1) is 5.92 Å². The second-order valence-corrected chi connectivity index (χ2v) is 11.6. The van der Waals surface area contributed by atoms with Gasteiger partial charge in [-0.25, -0.2) is 0 Å². The summed E-state index contributed by atoms with van der Waals surface area (Å²) in [5.74, 6) is 0.891. The number of hydrogen-bond acceptors (Lipinski definition) is 2. The summed E-state index contributed by atoms with van der Waals surface area (Å²) in [6.45, 7) is 7.53. The third-order valence-corrected chi connectivity index (χ3v) is 7.33. The van der Waals surface area contributed by atoms with E-state index in [1.165, 1.54) is 141 Å². The van der Waals surface area contributed by atoms with Gasteiger partial charge in [0.25, 0.3) is 0 Å². The van der Waals surface area contributed by atoms with Crippen LogP contribution in [0.2, 0.25) is 0 Å². The molecule has 0 saturated carbocycles. The third-order valence-electron chi connectivity index (χ3n) is 7.33. The standard InChI is InChI=1S/C34H66O2/c1-4-5-6-7-8-9-15-19-22-25-28-31-34(35)36-32-29-26-23-20-17-14-12-10-11-13-16-18-21-24-27-30-33(2)3/h7-8,33H,4-6,9-32H2,1-3H3. The predicted molar refractivity (Wildman–Crippen MR) is 161 cm³/mol. The van der Waals surface area contributed by atoms with Crippen molar-refractivity contribution in [3.05, 3.63) is 12.2 Å². The van der Waals surface area contributed by atoms with E-state index in [1.807, 2.05) is 0 Å². The molecule has 0 aromatic rings. The Morgan fingerprint density at radius 1 is 0.556 bits per heavy atom. The zero-order chi connectivity index (χ0) is 26.4. The van der Waals surface area contributed by atoms with Gasteiger partial charge >= 0.3 is 5.97 Å². The Morgan fingerprint density at radius 3 is 1.47 bits per heavy atom. The molecule has 0 heterocycles. The van der Waals surface area contributed by atoms with E-state index in [0.29, 0.717) is 13.0 Å². The molecule has 0 atom stereocenters. The van der Waals surface area contributed by atoms with Crippen LogP contribution in [0.4, 0.5) is 0 Å². The number of hydrogen-bond donors (Lipinski definition) is 0. The van der Waals surface area contributed by atoms with Gasteiger partial charge < -0.3 is 4.74 Å². The number of carbonyl (C=O) groups is 1. The summed E-state index contributed by atoms with van der Waals surface area (Å²) in [4.78, 5) is 11.9. The number of rotatable bonds is 29. The van der Waals surface area contributed by atoms with Crippen LogP contribution < -0.4 is 0 Å². The number of allylic oxidation sites excluding steroid dienone is 2. The first-order valence-corrected chi connectivity index (χ1v) is 16.5. The average molecular weight is 507 g/mol. The lowest BCUT2D eigenvalue weighted by Gasteiger charge is -2.06. The van der Waals surface area contributed by atoms with Crippen LogP contribution in [0.25, 0.3) is 0 Å². The van der Waals surface area contributed by atoms with Gasteiger partial charge in [0.1, 0.15) is 0 Å². The fraction of sp³-hybridized carbons (Fsp3) is 0.912. The maximum atomic E-state index is 11.9. The number of unbranched alkanes of at least 4 members (excludes halogenated alkanes) is 21. The quantitative estimate of drug-likeness (QED) is 0.0572. The van der Waals surface area contributed by atoms with Crippen molar-refractivity contribution in [2.75, 3.05) is 6.61 Å². The van der Waals surface area contributed by atoms with E-state index in [4.69, 9.17) is 4.74 Å². The van der Waals surface area contributed by atoms with Crippen molar-refractivity contribution in [1.29, 1.82) is 0 Å². The molecule has 0 saturated heterocycles. The van der Waals surface area contributed by atoms with Crippen LogP contribution >= 0.6 is 0 Å². The van der Waals surface area contributed by atoms with Gasteiger partial charge in [0.2, 0.25) is 0 Å². The molecule has 0 aromatic carbocycles. The maximum Gasteiger partial charge on any atom is 0.305 e. The fourth-order valence-corrected chi connectivity index (χ4v) is 4.83. The van der Waals surface area contributed by atoms with Crippen LogP contribution in [0.5, 0.6) is 0 Å². The lowest BCUT2D eigenvalue weighted by atomic mass is 10.0. The zero-order valence-electron chi connectivity index (χ0n) is 25.1. The van der Waals surface area contributed by atoms with E-state index < -0.39 is 0 Å². The minimum Gasteiger partial charge on any atom is -0.466 e. The molecule has 0 fully saturated rings. The van der Waals surface area contributed by atoms with E-state index in [9.17, 15) is 4.79 Å². The molecule has 0 spiro atoms. The molecular weight excluding hydrogens is 440 g/mol. The Balaban J connectivity index is 3.17. The van der Waals surface area contributed by atoms with Crippen molar-refractivity contribution in [1.82, 2.24) is 0 Å². The molecule has 0 bridgehead atoms. The number of ether oxygens (including phenoxy) is 1. The second-order valence-electron chi connectivity index (χ2n) is 11.6. The highest BCUT2D eigenvalue weighted by atomic mass is 16.5. The Labute approximate surface area is 227 Å². The van der Waals surface area contributed by atoms with Gasteiger partial charge in [-0.3, -0.25) is 4.79 Å². The Morgan fingerprint density at radius 2 is 0.972 bits per heavy atom. The van der Waals surface area contributed by atoms with Crippen molar-refractivity contribution >= 4 is 5.97 Å². The Hall–Kier alpha value is -0.790. The first-order valence-electron chi connectivity index (χ1n) is 16.5. The minimum absolute atomic E-state index is 0.0139. The van der Waals surface area contributed by atoms with Gasteiger partial charge in [0, 0.05) is 6.42 Å². The Bertz CT molecular complexity index is 454. The average Bonchev–Trinajstić information content (AvgIpc) is 2.86. The van der Waals surface area contributed by atoms with E-state index >= 15 is 0 Å². The van der Waals surface area contributed by atoms with Crippen LogP contribution in [0.15, 0.2) is 12.2 Å². The smallest absolute Gasteiger partial charge is 0.305 e. The molecule has 0 aliphatic heterocycles. The van der Waals surface area contributed by atoms with E-state index in [-0.39, 0.29) is 5.97 Å². The zero-order valence-corrected chi connectivity index (χ0v) is 25.1. The van der Waals surface area contributed by atoms with Gasteiger partial charge in [-0.15, -0.1) is 0 Å². The highest BCUT2D eigenvalue weighted by Crippen LogP contribution is 2.15. The second kappa shape index (κ2) is 30.4. The number of esters is 1. The molecule has 2 heteroatoms. The summed E-state index contributed by atoms with van der Waals surface area (Å²) in [7, 11) is 0. The molecule has 0 unspecified atom stereocenters. The van der Waals surface area contributed by atoms with E-state index in [2.05, 4.69) is 32.9 Å². The highest BCUT2D eigenvalue weighted by Gasteiger charge is 2.02. The van der Waals surface area contributed by atoms with Crippen molar-refractivity contribution in [2.45, 2.75) is 188 Å². The molecular formula is C34H66O2. The molecule has 2 nitrogen and oxygen atoms in total. The summed E-state index contributed by atoms with van der Waals surface area (Å²) in [6, 6.07) is 0. The highest BCUT2D eigenvalue weighted by molar-refractivity contribution is 5.69. The molecule has 214 valence electrons. The predicted octanol–water partition coefficient (Wildman–Crippen LogP) is 11.9. The summed E-state index contributed by atoms with van der Waals surface area (Å²) in [5.41, 5.74) is 0. The monoisotopic (exact) mass is 507 g/mol. The summed E-state index contributed by atoms with van der Waals surface area (Å²) >= 11 is 0. The molecule has 0 N–H and O–H groups in total. The van der Waals surface area contributed by atoms with Gasteiger partial charge in [-0.2, -0.15) is 0 Å². The van der Waals surface area contributed by atoms with Crippen LogP contribution in [-0.2, 0) is 9.53 Å².